The molecule has 6 heteroatoms. The lowest BCUT2D eigenvalue weighted by Crippen LogP contribution is -2.29. The molecule has 0 bridgehead atoms. The summed E-state index contributed by atoms with van der Waals surface area (Å²) in [5.74, 6) is 1.55. The second-order valence-corrected chi connectivity index (χ2v) is 4.40. The minimum atomic E-state index is 0.424. The van der Waals surface area contributed by atoms with Crippen molar-refractivity contribution in [2.75, 3.05) is 23.8 Å². The van der Waals surface area contributed by atoms with Crippen molar-refractivity contribution < 1.29 is 0 Å². The topological polar surface area (TPSA) is 69.7 Å². The van der Waals surface area contributed by atoms with Gasteiger partial charge in [-0.25, -0.2) is 0 Å². The van der Waals surface area contributed by atoms with Crippen molar-refractivity contribution in [2.45, 2.75) is 33.2 Å². The van der Waals surface area contributed by atoms with E-state index in [2.05, 4.69) is 51.3 Å². The quantitative estimate of drug-likeness (QED) is 0.847. The van der Waals surface area contributed by atoms with Crippen molar-refractivity contribution >= 4 is 22.8 Å². The van der Waals surface area contributed by atoms with E-state index in [1.807, 2.05) is 6.92 Å². The standard InChI is InChI=1S/C12H20N6/c1-5-8(3)18(4)11-9-7-14-17-10(9)15-12(16-11)13-6-2/h7-8H,5-6H2,1-4H3,(H2,13,14,15,16,17). The van der Waals surface area contributed by atoms with Crippen LogP contribution in [0.5, 0.6) is 0 Å². The van der Waals surface area contributed by atoms with Gasteiger partial charge in [0.15, 0.2) is 5.65 Å². The maximum atomic E-state index is 4.58. The highest BCUT2D eigenvalue weighted by molar-refractivity contribution is 5.87. The highest BCUT2D eigenvalue weighted by atomic mass is 15.3. The van der Waals surface area contributed by atoms with Crippen LogP contribution in [0.3, 0.4) is 0 Å². The van der Waals surface area contributed by atoms with Gasteiger partial charge in [-0.05, 0) is 20.3 Å². The second-order valence-electron chi connectivity index (χ2n) is 4.40. The van der Waals surface area contributed by atoms with Gasteiger partial charge in [0, 0.05) is 19.6 Å². The summed E-state index contributed by atoms with van der Waals surface area (Å²) in [5.41, 5.74) is 0.770. The van der Waals surface area contributed by atoms with Gasteiger partial charge in [-0.2, -0.15) is 15.1 Å². The lowest BCUT2D eigenvalue weighted by molar-refractivity contribution is 0.659. The van der Waals surface area contributed by atoms with Crippen molar-refractivity contribution in [1.82, 2.24) is 20.2 Å². The Hall–Kier alpha value is -1.85. The lowest BCUT2D eigenvalue weighted by Gasteiger charge is -2.25. The molecule has 1 atom stereocenters. The van der Waals surface area contributed by atoms with Gasteiger partial charge in [0.25, 0.3) is 0 Å². The predicted octanol–water partition coefficient (Wildman–Crippen LogP) is 2.02. The van der Waals surface area contributed by atoms with E-state index < -0.39 is 0 Å². The van der Waals surface area contributed by atoms with Gasteiger partial charge in [-0.3, -0.25) is 5.10 Å². The summed E-state index contributed by atoms with van der Waals surface area (Å²) in [5, 5.41) is 11.1. The van der Waals surface area contributed by atoms with Crippen molar-refractivity contribution in [1.29, 1.82) is 0 Å². The molecule has 0 saturated heterocycles. The van der Waals surface area contributed by atoms with E-state index in [0.29, 0.717) is 12.0 Å². The number of anilines is 2. The molecule has 0 saturated carbocycles. The van der Waals surface area contributed by atoms with Gasteiger partial charge in [0.05, 0.1) is 11.6 Å². The summed E-state index contributed by atoms with van der Waals surface area (Å²) in [6, 6.07) is 0.424. The first-order valence-corrected chi connectivity index (χ1v) is 6.35. The van der Waals surface area contributed by atoms with Crippen LogP contribution in [0.4, 0.5) is 11.8 Å². The van der Waals surface area contributed by atoms with E-state index in [9.17, 15) is 0 Å². The number of nitrogens with one attached hydrogen (secondary N) is 2. The summed E-state index contributed by atoms with van der Waals surface area (Å²) in [4.78, 5) is 11.1. The fourth-order valence-corrected chi connectivity index (χ4v) is 1.81. The second kappa shape index (κ2) is 5.20. The van der Waals surface area contributed by atoms with Gasteiger partial charge >= 0.3 is 0 Å². The van der Waals surface area contributed by atoms with Gasteiger partial charge in [-0.15, -0.1) is 0 Å². The minimum absolute atomic E-state index is 0.424. The SMILES string of the molecule is CCNc1nc(N(C)C(C)CC)c2cn[nH]c2n1. The average Bonchev–Trinajstić information content (AvgIpc) is 2.84. The number of fused-ring (bicyclic) bond motifs is 1. The minimum Gasteiger partial charge on any atom is -0.356 e. The molecule has 0 spiro atoms. The van der Waals surface area contributed by atoms with Crippen LogP contribution < -0.4 is 10.2 Å². The maximum absolute atomic E-state index is 4.58. The normalized spacial score (nSPS) is 12.7. The van der Waals surface area contributed by atoms with Crippen LogP contribution in [0.15, 0.2) is 6.20 Å². The molecule has 18 heavy (non-hydrogen) atoms. The Kier molecular flexibility index (Phi) is 3.64. The summed E-state index contributed by atoms with van der Waals surface area (Å²) >= 11 is 0. The summed E-state index contributed by atoms with van der Waals surface area (Å²) in [7, 11) is 2.05. The van der Waals surface area contributed by atoms with Gasteiger partial charge < -0.3 is 10.2 Å². The summed E-state index contributed by atoms with van der Waals surface area (Å²) in [6.07, 6.45) is 2.84. The van der Waals surface area contributed by atoms with E-state index in [-0.39, 0.29) is 0 Å². The number of H-pyrrole nitrogens is 1. The highest BCUT2D eigenvalue weighted by Crippen LogP contribution is 2.24. The van der Waals surface area contributed by atoms with Gasteiger partial charge in [0.2, 0.25) is 5.95 Å². The molecule has 0 aliphatic carbocycles. The van der Waals surface area contributed by atoms with E-state index >= 15 is 0 Å². The molecule has 2 N–H and O–H groups in total. The number of aromatic nitrogens is 4. The Morgan fingerprint density at radius 2 is 2.17 bits per heavy atom. The molecular formula is C12H20N6. The van der Waals surface area contributed by atoms with Crippen LogP contribution in [0.25, 0.3) is 11.0 Å². The third kappa shape index (κ3) is 2.23. The Morgan fingerprint density at radius 1 is 1.39 bits per heavy atom. The molecule has 0 amide bonds. The Balaban J connectivity index is 2.49. The van der Waals surface area contributed by atoms with E-state index in [4.69, 9.17) is 0 Å². The Morgan fingerprint density at radius 3 is 2.83 bits per heavy atom. The fourth-order valence-electron chi connectivity index (χ4n) is 1.81. The van der Waals surface area contributed by atoms with Crippen LogP contribution >= 0.6 is 0 Å². The summed E-state index contributed by atoms with van der Waals surface area (Å²) in [6.45, 7) is 7.17. The fraction of sp³-hybridized carbons (Fsp3) is 0.583. The Bertz CT molecular complexity index is 520. The number of hydrogen-bond donors (Lipinski definition) is 2. The molecule has 0 radical (unpaired) electrons. The zero-order chi connectivity index (χ0) is 13.1. The molecule has 1 unspecified atom stereocenters. The van der Waals surface area contributed by atoms with Crippen LogP contribution in [0.1, 0.15) is 27.2 Å². The first-order chi connectivity index (χ1) is 8.67. The zero-order valence-electron chi connectivity index (χ0n) is 11.4. The number of rotatable bonds is 5. The van der Waals surface area contributed by atoms with Crippen LogP contribution in [-0.4, -0.2) is 39.8 Å². The Labute approximate surface area is 107 Å². The van der Waals surface area contributed by atoms with Crippen LogP contribution in [-0.2, 0) is 0 Å². The molecule has 0 fully saturated rings. The van der Waals surface area contributed by atoms with Gasteiger partial charge in [0.1, 0.15) is 5.82 Å². The molecule has 98 valence electrons. The molecule has 2 rings (SSSR count). The molecular weight excluding hydrogens is 228 g/mol. The zero-order valence-corrected chi connectivity index (χ0v) is 11.4. The molecule has 0 aliphatic rings. The number of nitrogens with zero attached hydrogens (tertiary/aromatic N) is 4. The monoisotopic (exact) mass is 248 g/mol. The van der Waals surface area contributed by atoms with E-state index in [0.717, 1.165) is 29.8 Å². The molecule has 0 aromatic carbocycles. The predicted molar refractivity (Wildman–Crippen MR) is 74.0 cm³/mol. The van der Waals surface area contributed by atoms with Gasteiger partial charge in [-0.1, -0.05) is 6.92 Å². The molecule has 2 aromatic heterocycles. The van der Waals surface area contributed by atoms with Crippen molar-refractivity contribution in [3.63, 3.8) is 0 Å². The maximum Gasteiger partial charge on any atom is 0.226 e. The van der Waals surface area contributed by atoms with Crippen molar-refractivity contribution in [3.05, 3.63) is 6.20 Å². The number of aromatic amines is 1. The highest BCUT2D eigenvalue weighted by Gasteiger charge is 2.16. The van der Waals surface area contributed by atoms with Crippen LogP contribution in [0, 0.1) is 0 Å². The third-order valence-electron chi connectivity index (χ3n) is 3.21. The molecule has 2 aromatic rings. The lowest BCUT2D eigenvalue weighted by atomic mass is 10.2. The molecule has 6 nitrogen and oxygen atoms in total. The smallest absolute Gasteiger partial charge is 0.226 e. The largest absolute Gasteiger partial charge is 0.356 e. The number of hydrogen-bond acceptors (Lipinski definition) is 5. The van der Waals surface area contributed by atoms with Crippen molar-refractivity contribution in [3.8, 4) is 0 Å². The van der Waals surface area contributed by atoms with Crippen molar-refractivity contribution in [2.24, 2.45) is 0 Å². The third-order valence-corrected chi connectivity index (χ3v) is 3.21. The van der Waals surface area contributed by atoms with Crippen LogP contribution in [0.2, 0.25) is 0 Å². The van der Waals surface area contributed by atoms with E-state index in [1.165, 1.54) is 0 Å². The van der Waals surface area contributed by atoms with E-state index in [1.54, 1.807) is 6.20 Å². The molecule has 2 heterocycles. The first kappa shape index (κ1) is 12.6. The summed E-state index contributed by atoms with van der Waals surface area (Å²) < 4.78 is 0. The average molecular weight is 248 g/mol. The molecule has 0 aliphatic heterocycles. The first-order valence-electron chi connectivity index (χ1n) is 6.35.